The Hall–Kier alpha value is -2.67. The van der Waals surface area contributed by atoms with Gasteiger partial charge in [0.25, 0.3) is 11.6 Å². The molecule has 2 aromatic rings. The number of carbonyl (C=O) groups is 1. The molecule has 0 atom stereocenters. The summed E-state index contributed by atoms with van der Waals surface area (Å²) in [6.07, 6.45) is 3.75. The van der Waals surface area contributed by atoms with Crippen molar-refractivity contribution in [2.75, 3.05) is 26.2 Å². The number of nitro groups is 1. The summed E-state index contributed by atoms with van der Waals surface area (Å²) >= 11 is 0. The topological polar surface area (TPSA) is 88.6 Å². The van der Waals surface area contributed by atoms with Crippen molar-refractivity contribution in [1.82, 2.24) is 10.2 Å². The quantitative estimate of drug-likeness (QED) is 0.643. The minimum atomic E-state index is -0.451. The number of benzene rings is 1. The van der Waals surface area contributed by atoms with E-state index in [2.05, 4.69) is 10.2 Å². The predicted molar refractivity (Wildman–Crippen MR) is 93.4 cm³/mol. The van der Waals surface area contributed by atoms with E-state index in [0.29, 0.717) is 17.9 Å². The summed E-state index contributed by atoms with van der Waals surface area (Å²) in [6, 6.07) is 9.35. The lowest BCUT2D eigenvalue weighted by molar-refractivity contribution is -0.384. The first-order valence-electron chi connectivity index (χ1n) is 8.49. The van der Waals surface area contributed by atoms with Gasteiger partial charge in [-0.1, -0.05) is 6.42 Å². The molecule has 1 aliphatic heterocycles. The number of nitro benzene ring substituents is 1. The third-order valence-electron chi connectivity index (χ3n) is 4.35. The average molecular weight is 343 g/mol. The fraction of sp³-hybridized carbons (Fsp3) is 0.389. The maximum absolute atomic E-state index is 12.2. The van der Waals surface area contributed by atoms with E-state index in [9.17, 15) is 14.9 Å². The Labute approximate surface area is 145 Å². The van der Waals surface area contributed by atoms with E-state index in [-0.39, 0.29) is 17.4 Å². The van der Waals surface area contributed by atoms with Crippen LogP contribution in [0.3, 0.4) is 0 Å². The monoisotopic (exact) mass is 343 g/mol. The third-order valence-corrected chi connectivity index (χ3v) is 4.35. The molecule has 1 N–H and O–H groups in total. The van der Waals surface area contributed by atoms with Crippen molar-refractivity contribution in [3.05, 3.63) is 52.3 Å². The number of hydrogen-bond donors (Lipinski definition) is 1. The Morgan fingerprint density at radius 3 is 2.52 bits per heavy atom. The van der Waals surface area contributed by atoms with E-state index in [1.54, 1.807) is 24.3 Å². The van der Waals surface area contributed by atoms with E-state index >= 15 is 0 Å². The molecule has 1 aromatic heterocycles. The number of nitrogens with one attached hydrogen (secondary N) is 1. The van der Waals surface area contributed by atoms with Gasteiger partial charge in [0.1, 0.15) is 5.76 Å². The Bertz CT molecular complexity index is 733. The molecule has 0 unspecified atom stereocenters. The molecule has 25 heavy (non-hydrogen) atoms. The molecule has 1 fully saturated rings. The van der Waals surface area contributed by atoms with Crippen LogP contribution in [0.4, 0.5) is 5.69 Å². The normalized spacial score (nSPS) is 15.0. The number of hydrogen-bond acceptors (Lipinski definition) is 5. The van der Waals surface area contributed by atoms with Gasteiger partial charge in [-0.15, -0.1) is 0 Å². The molecular formula is C18H21N3O4. The Balaban J connectivity index is 1.54. The largest absolute Gasteiger partial charge is 0.451 e. The Morgan fingerprint density at radius 1 is 1.12 bits per heavy atom. The Kier molecular flexibility index (Phi) is 5.45. The first-order valence-corrected chi connectivity index (χ1v) is 8.49. The minimum absolute atomic E-state index is 0.0194. The molecule has 1 aliphatic rings. The van der Waals surface area contributed by atoms with Crippen molar-refractivity contribution < 1.29 is 14.1 Å². The summed E-state index contributed by atoms with van der Waals surface area (Å²) in [5.41, 5.74) is 0.712. The van der Waals surface area contributed by atoms with Gasteiger partial charge in [-0.3, -0.25) is 14.9 Å². The van der Waals surface area contributed by atoms with Gasteiger partial charge in [0.15, 0.2) is 5.76 Å². The summed E-state index contributed by atoms with van der Waals surface area (Å²) in [6.45, 7) is 3.63. The molecule has 7 heteroatoms. The molecule has 1 saturated heterocycles. The summed E-state index contributed by atoms with van der Waals surface area (Å²) in [4.78, 5) is 24.7. The highest BCUT2D eigenvalue weighted by Gasteiger charge is 2.14. The van der Waals surface area contributed by atoms with Gasteiger partial charge in [-0.25, -0.2) is 0 Å². The summed E-state index contributed by atoms with van der Waals surface area (Å²) < 4.78 is 5.58. The van der Waals surface area contributed by atoms with Crippen LogP contribution >= 0.6 is 0 Å². The molecular weight excluding hydrogens is 322 g/mol. The first-order chi connectivity index (χ1) is 12.1. The number of carbonyl (C=O) groups excluding carboxylic acids is 1. The van der Waals surface area contributed by atoms with Crippen LogP contribution in [0.1, 0.15) is 29.8 Å². The molecule has 7 nitrogen and oxygen atoms in total. The second kappa shape index (κ2) is 7.94. The minimum Gasteiger partial charge on any atom is -0.451 e. The summed E-state index contributed by atoms with van der Waals surface area (Å²) in [5.74, 6) is 0.508. The second-order valence-corrected chi connectivity index (χ2v) is 6.13. The van der Waals surface area contributed by atoms with Gasteiger partial charge in [-0.05, 0) is 50.2 Å². The predicted octanol–water partition coefficient (Wildman–Crippen LogP) is 3.07. The molecule has 132 valence electrons. The van der Waals surface area contributed by atoms with Crippen molar-refractivity contribution in [2.24, 2.45) is 0 Å². The van der Waals surface area contributed by atoms with E-state index in [4.69, 9.17) is 4.42 Å². The van der Waals surface area contributed by atoms with Crippen molar-refractivity contribution in [1.29, 1.82) is 0 Å². The third kappa shape index (κ3) is 4.45. The van der Waals surface area contributed by atoms with Crippen LogP contribution in [0, 0.1) is 10.1 Å². The van der Waals surface area contributed by atoms with Crippen LogP contribution < -0.4 is 5.32 Å². The van der Waals surface area contributed by atoms with Crippen molar-refractivity contribution in [3.63, 3.8) is 0 Å². The molecule has 2 heterocycles. The van der Waals surface area contributed by atoms with Crippen molar-refractivity contribution >= 4 is 11.6 Å². The molecule has 0 saturated carbocycles. The zero-order valence-corrected chi connectivity index (χ0v) is 13.9. The lowest BCUT2D eigenvalue weighted by atomic mass is 10.1. The molecule has 0 spiro atoms. The number of amides is 1. The molecule has 0 aliphatic carbocycles. The number of non-ortho nitro benzene ring substituents is 1. The van der Waals surface area contributed by atoms with Crippen LogP contribution in [-0.4, -0.2) is 41.9 Å². The molecule has 3 rings (SSSR count). The van der Waals surface area contributed by atoms with Crippen LogP contribution in [0.25, 0.3) is 11.3 Å². The smallest absolute Gasteiger partial charge is 0.287 e. The maximum atomic E-state index is 12.2. The molecule has 0 radical (unpaired) electrons. The van der Waals surface area contributed by atoms with Crippen LogP contribution in [-0.2, 0) is 0 Å². The molecule has 1 amide bonds. The SMILES string of the molecule is O=C(NCCN1CCCCC1)c1ccc(-c2ccc([N+](=O)[O-])cc2)o1. The van der Waals surface area contributed by atoms with Crippen molar-refractivity contribution in [2.45, 2.75) is 19.3 Å². The summed E-state index contributed by atoms with van der Waals surface area (Å²) in [5, 5.41) is 13.6. The van der Waals surface area contributed by atoms with Crippen LogP contribution in [0.15, 0.2) is 40.8 Å². The van der Waals surface area contributed by atoms with Crippen LogP contribution in [0.5, 0.6) is 0 Å². The number of nitrogens with zero attached hydrogens (tertiary/aromatic N) is 2. The highest BCUT2D eigenvalue weighted by Crippen LogP contribution is 2.24. The van der Waals surface area contributed by atoms with E-state index < -0.39 is 4.92 Å². The number of likely N-dealkylation sites (tertiary alicyclic amines) is 1. The van der Waals surface area contributed by atoms with E-state index in [1.165, 1.54) is 31.4 Å². The zero-order chi connectivity index (χ0) is 17.6. The second-order valence-electron chi connectivity index (χ2n) is 6.13. The standard InChI is InChI=1S/C18H21N3O4/c22-18(19-10-13-20-11-2-1-3-12-20)17-9-8-16(25-17)14-4-6-15(7-5-14)21(23)24/h4-9H,1-3,10-13H2,(H,19,22). The molecule has 1 aromatic carbocycles. The van der Waals surface area contributed by atoms with Crippen molar-refractivity contribution in [3.8, 4) is 11.3 Å². The van der Waals surface area contributed by atoms with Crippen LogP contribution in [0.2, 0.25) is 0 Å². The number of piperidine rings is 1. The fourth-order valence-corrected chi connectivity index (χ4v) is 2.96. The lowest BCUT2D eigenvalue weighted by Crippen LogP contribution is -2.37. The zero-order valence-electron chi connectivity index (χ0n) is 13.9. The van der Waals surface area contributed by atoms with Gasteiger partial charge in [0.2, 0.25) is 0 Å². The highest BCUT2D eigenvalue weighted by molar-refractivity contribution is 5.92. The number of furan rings is 1. The van der Waals surface area contributed by atoms with E-state index in [0.717, 1.165) is 19.6 Å². The van der Waals surface area contributed by atoms with Gasteiger partial charge in [0, 0.05) is 30.8 Å². The Morgan fingerprint density at radius 2 is 1.84 bits per heavy atom. The highest BCUT2D eigenvalue weighted by atomic mass is 16.6. The lowest BCUT2D eigenvalue weighted by Gasteiger charge is -2.26. The number of rotatable bonds is 6. The maximum Gasteiger partial charge on any atom is 0.287 e. The van der Waals surface area contributed by atoms with Gasteiger partial charge < -0.3 is 14.6 Å². The fourth-order valence-electron chi connectivity index (χ4n) is 2.96. The van der Waals surface area contributed by atoms with Gasteiger partial charge in [0.05, 0.1) is 4.92 Å². The van der Waals surface area contributed by atoms with Gasteiger partial charge in [-0.2, -0.15) is 0 Å². The van der Waals surface area contributed by atoms with Gasteiger partial charge >= 0.3 is 0 Å². The summed E-state index contributed by atoms with van der Waals surface area (Å²) in [7, 11) is 0. The van der Waals surface area contributed by atoms with E-state index in [1.807, 2.05) is 0 Å². The average Bonchev–Trinajstić information content (AvgIpc) is 3.13. The first kappa shape index (κ1) is 17.2. The molecule has 0 bridgehead atoms.